The molecule has 29 heavy (non-hydrogen) atoms. The highest BCUT2D eigenvalue weighted by Gasteiger charge is 2.10. The van der Waals surface area contributed by atoms with Crippen molar-refractivity contribution < 1.29 is 14.2 Å². The summed E-state index contributed by atoms with van der Waals surface area (Å²) in [6, 6.07) is 15.8. The summed E-state index contributed by atoms with van der Waals surface area (Å²) >= 11 is 0. The molecule has 0 aliphatic heterocycles. The molecule has 154 valence electrons. The van der Waals surface area contributed by atoms with Gasteiger partial charge in [-0.15, -0.1) is 0 Å². The van der Waals surface area contributed by atoms with E-state index in [2.05, 4.69) is 31.0 Å². The van der Waals surface area contributed by atoms with Crippen molar-refractivity contribution in [3.05, 3.63) is 54.1 Å². The van der Waals surface area contributed by atoms with Crippen LogP contribution < -0.4 is 19.9 Å². The Bertz CT molecular complexity index is 943. The molecule has 2 N–H and O–H groups in total. The third-order valence-electron chi connectivity index (χ3n) is 4.81. The summed E-state index contributed by atoms with van der Waals surface area (Å²) in [7, 11) is 1.68. The second-order valence-electron chi connectivity index (χ2n) is 7.22. The quantitative estimate of drug-likeness (QED) is 0.466. The van der Waals surface area contributed by atoms with Crippen LogP contribution in [0.5, 0.6) is 17.2 Å². The predicted octanol–water partition coefficient (Wildman–Crippen LogP) is 5.40. The van der Waals surface area contributed by atoms with Crippen LogP contribution in [0.2, 0.25) is 0 Å². The van der Waals surface area contributed by atoms with Crippen LogP contribution >= 0.6 is 0 Å². The number of pyridine rings is 1. The van der Waals surface area contributed by atoms with Gasteiger partial charge in [0, 0.05) is 5.39 Å². The normalized spacial score (nSPS) is 12.0. The van der Waals surface area contributed by atoms with Crippen molar-refractivity contribution in [2.75, 3.05) is 19.5 Å². The van der Waals surface area contributed by atoms with Crippen LogP contribution in [0, 0.1) is 0 Å². The number of fused-ring (bicyclic) bond motifs is 1. The van der Waals surface area contributed by atoms with Gasteiger partial charge in [0.2, 0.25) is 0 Å². The molecule has 1 heterocycles. The van der Waals surface area contributed by atoms with Crippen LogP contribution in [0.15, 0.2) is 48.5 Å². The maximum absolute atomic E-state index is 6.12. The van der Waals surface area contributed by atoms with Crippen molar-refractivity contribution >= 4 is 16.7 Å². The van der Waals surface area contributed by atoms with Gasteiger partial charge in [0.05, 0.1) is 19.8 Å². The lowest BCUT2D eigenvalue weighted by Crippen LogP contribution is -2.14. The number of methoxy groups -OCH3 is 1. The van der Waals surface area contributed by atoms with Gasteiger partial charge in [-0.05, 0) is 62.1 Å². The fraction of sp³-hybridized carbons (Fsp3) is 0.375. The van der Waals surface area contributed by atoms with Crippen molar-refractivity contribution in [1.82, 2.24) is 4.98 Å². The van der Waals surface area contributed by atoms with E-state index in [1.807, 2.05) is 30.3 Å². The topological polar surface area (TPSA) is 66.6 Å². The number of nitrogen functional groups attached to an aromatic ring is 1. The number of para-hydroxylation sites is 1. The van der Waals surface area contributed by atoms with Crippen LogP contribution in [-0.2, 0) is 6.42 Å². The van der Waals surface area contributed by atoms with E-state index in [1.54, 1.807) is 13.2 Å². The molecule has 5 heteroatoms. The molecule has 0 radical (unpaired) electrons. The van der Waals surface area contributed by atoms with Crippen LogP contribution in [0.3, 0.4) is 0 Å². The Labute approximate surface area is 172 Å². The fourth-order valence-corrected chi connectivity index (χ4v) is 3.33. The molecule has 0 spiro atoms. The summed E-state index contributed by atoms with van der Waals surface area (Å²) in [5.41, 5.74) is 7.90. The van der Waals surface area contributed by atoms with Crippen LogP contribution in [0.4, 0.5) is 5.82 Å². The summed E-state index contributed by atoms with van der Waals surface area (Å²) in [6.07, 6.45) is 3.94. The number of anilines is 1. The largest absolute Gasteiger partial charge is 0.493 e. The SMILES string of the molecule is CCCc1ccc(OCCCC(C)Oc2cccc3ccc(N)nc23)c(OC)c1. The first-order chi connectivity index (χ1) is 14.1. The standard InChI is InChI=1S/C24H30N2O3/c1-4-7-18-11-13-20(22(16-18)27-3)28-15-6-8-17(2)29-21-10-5-9-19-12-14-23(25)26-24(19)21/h5,9-14,16-17H,4,6-8,15H2,1-3H3,(H2,25,26). The van der Waals surface area contributed by atoms with Crippen molar-refractivity contribution in [1.29, 1.82) is 0 Å². The highest BCUT2D eigenvalue weighted by Crippen LogP contribution is 2.29. The molecule has 1 aromatic heterocycles. The van der Waals surface area contributed by atoms with Gasteiger partial charge in [0.15, 0.2) is 11.5 Å². The number of aryl methyl sites for hydroxylation is 1. The number of rotatable bonds is 10. The van der Waals surface area contributed by atoms with E-state index in [0.29, 0.717) is 12.4 Å². The average Bonchev–Trinajstić information content (AvgIpc) is 2.72. The van der Waals surface area contributed by atoms with Crippen LogP contribution in [-0.4, -0.2) is 24.8 Å². The van der Waals surface area contributed by atoms with Crippen molar-refractivity contribution in [3.63, 3.8) is 0 Å². The van der Waals surface area contributed by atoms with E-state index in [0.717, 1.165) is 53.8 Å². The Hall–Kier alpha value is -2.95. The first-order valence-corrected chi connectivity index (χ1v) is 10.2. The molecule has 0 aliphatic rings. The molecule has 1 unspecified atom stereocenters. The van der Waals surface area contributed by atoms with Crippen molar-refractivity contribution in [3.8, 4) is 17.2 Å². The molecule has 1 atom stereocenters. The zero-order valence-corrected chi connectivity index (χ0v) is 17.5. The van der Waals surface area contributed by atoms with Crippen molar-refractivity contribution in [2.24, 2.45) is 0 Å². The second kappa shape index (κ2) is 10.0. The smallest absolute Gasteiger partial charge is 0.161 e. The molecule has 0 saturated carbocycles. The summed E-state index contributed by atoms with van der Waals surface area (Å²) in [4.78, 5) is 4.42. The number of benzene rings is 2. The fourth-order valence-electron chi connectivity index (χ4n) is 3.33. The number of nitrogens with two attached hydrogens (primary N) is 1. The first-order valence-electron chi connectivity index (χ1n) is 10.2. The number of aromatic nitrogens is 1. The van der Waals surface area contributed by atoms with Crippen molar-refractivity contribution in [2.45, 2.75) is 45.6 Å². The second-order valence-corrected chi connectivity index (χ2v) is 7.22. The number of hydrogen-bond donors (Lipinski definition) is 1. The maximum atomic E-state index is 6.12. The lowest BCUT2D eigenvalue weighted by molar-refractivity contribution is 0.194. The molecular weight excluding hydrogens is 364 g/mol. The minimum absolute atomic E-state index is 0.0428. The van der Waals surface area contributed by atoms with E-state index in [9.17, 15) is 0 Å². The minimum Gasteiger partial charge on any atom is -0.493 e. The molecule has 3 rings (SSSR count). The lowest BCUT2D eigenvalue weighted by Gasteiger charge is -2.17. The average molecular weight is 395 g/mol. The zero-order chi connectivity index (χ0) is 20.6. The Morgan fingerprint density at radius 3 is 2.69 bits per heavy atom. The number of nitrogens with zero attached hydrogens (tertiary/aromatic N) is 1. The van der Waals surface area contributed by atoms with Crippen LogP contribution in [0.1, 0.15) is 38.7 Å². The molecule has 0 amide bonds. The third-order valence-corrected chi connectivity index (χ3v) is 4.81. The summed E-state index contributed by atoms with van der Waals surface area (Å²) in [5.74, 6) is 2.83. The molecule has 0 fully saturated rings. The summed E-state index contributed by atoms with van der Waals surface area (Å²) in [6.45, 7) is 4.84. The minimum atomic E-state index is 0.0428. The number of ether oxygens (including phenoxy) is 3. The van der Waals surface area contributed by atoms with Crippen LogP contribution in [0.25, 0.3) is 10.9 Å². The van der Waals surface area contributed by atoms with E-state index in [4.69, 9.17) is 19.9 Å². The van der Waals surface area contributed by atoms with Gasteiger partial charge in [-0.25, -0.2) is 4.98 Å². The van der Waals surface area contributed by atoms with Gasteiger partial charge in [-0.1, -0.05) is 31.5 Å². The molecular formula is C24H30N2O3. The van der Waals surface area contributed by atoms with E-state index >= 15 is 0 Å². The maximum Gasteiger partial charge on any atom is 0.161 e. The van der Waals surface area contributed by atoms with E-state index in [1.165, 1.54) is 5.56 Å². The van der Waals surface area contributed by atoms with Gasteiger partial charge >= 0.3 is 0 Å². The Morgan fingerprint density at radius 1 is 1.03 bits per heavy atom. The van der Waals surface area contributed by atoms with E-state index < -0.39 is 0 Å². The zero-order valence-electron chi connectivity index (χ0n) is 17.5. The Morgan fingerprint density at radius 2 is 1.90 bits per heavy atom. The predicted molar refractivity (Wildman–Crippen MR) is 118 cm³/mol. The van der Waals surface area contributed by atoms with Gasteiger partial charge in [-0.2, -0.15) is 0 Å². The first kappa shape index (κ1) is 20.8. The summed E-state index contributed by atoms with van der Waals surface area (Å²) in [5, 5.41) is 1.02. The van der Waals surface area contributed by atoms with Gasteiger partial charge in [0.1, 0.15) is 17.1 Å². The Kier molecular flexibility index (Phi) is 7.17. The highest BCUT2D eigenvalue weighted by molar-refractivity contribution is 5.85. The molecule has 0 saturated heterocycles. The molecule has 0 aliphatic carbocycles. The molecule has 0 bridgehead atoms. The lowest BCUT2D eigenvalue weighted by atomic mass is 10.1. The van der Waals surface area contributed by atoms with Gasteiger partial charge < -0.3 is 19.9 Å². The Balaban J connectivity index is 1.52. The number of hydrogen-bond acceptors (Lipinski definition) is 5. The molecule has 5 nitrogen and oxygen atoms in total. The van der Waals surface area contributed by atoms with Gasteiger partial charge in [0.25, 0.3) is 0 Å². The molecule has 2 aromatic carbocycles. The monoisotopic (exact) mass is 394 g/mol. The molecule has 3 aromatic rings. The third kappa shape index (κ3) is 5.53. The van der Waals surface area contributed by atoms with E-state index in [-0.39, 0.29) is 6.10 Å². The highest BCUT2D eigenvalue weighted by atomic mass is 16.5. The summed E-state index contributed by atoms with van der Waals surface area (Å²) < 4.78 is 17.5. The van der Waals surface area contributed by atoms with Gasteiger partial charge in [-0.3, -0.25) is 0 Å².